The molecule has 0 aliphatic carbocycles. The van der Waals surface area contributed by atoms with Crippen LogP contribution in [-0.4, -0.2) is 28.6 Å². The van der Waals surface area contributed by atoms with Crippen molar-refractivity contribution < 1.29 is 22.0 Å². The highest BCUT2D eigenvalue weighted by molar-refractivity contribution is 9.10. The highest BCUT2D eigenvalue weighted by Gasteiger charge is 2.43. The number of hydrogen-bond donors (Lipinski definition) is 1. The molecular weight excluding hydrogens is 443 g/mol. The van der Waals surface area contributed by atoms with Crippen LogP contribution in [0.1, 0.15) is 29.8 Å². The van der Waals surface area contributed by atoms with E-state index in [2.05, 4.69) is 20.9 Å². The van der Waals surface area contributed by atoms with Gasteiger partial charge >= 0.3 is 6.18 Å². The van der Waals surface area contributed by atoms with Gasteiger partial charge in [0, 0.05) is 28.2 Å². The Kier molecular flexibility index (Phi) is 4.74. The molecule has 2 heterocycles. The highest BCUT2D eigenvalue weighted by atomic mass is 79.9. The summed E-state index contributed by atoms with van der Waals surface area (Å²) in [5, 5.41) is 0.858. The molecule has 0 spiro atoms. The maximum absolute atomic E-state index is 14.9. The summed E-state index contributed by atoms with van der Waals surface area (Å²) in [7, 11) is 0. The SMILES string of the molecule is C[C@@H]1Cc2c([nH]c3ccccc23)[C@@H](c2c(F)ccc(Br)c2F)N1CC(F)(F)F. The second-order valence-corrected chi connectivity index (χ2v) is 7.92. The van der Waals surface area contributed by atoms with E-state index >= 15 is 0 Å². The molecule has 0 saturated heterocycles. The number of para-hydroxylation sites is 1. The topological polar surface area (TPSA) is 19.0 Å². The number of hydrogen-bond acceptors (Lipinski definition) is 1. The lowest BCUT2D eigenvalue weighted by molar-refractivity contribution is -0.155. The number of nitrogens with one attached hydrogen (secondary N) is 1. The molecule has 1 N–H and O–H groups in total. The Hall–Kier alpha value is -1.93. The minimum Gasteiger partial charge on any atom is -0.357 e. The van der Waals surface area contributed by atoms with Crippen LogP contribution in [0.25, 0.3) is 10.9 Å². The molecule has 0 fully saturated rings. The molecule has 1 aromatic heterocycles. The first-order valence-electron chi connectivity index (χ1n) is 8.72. The van der Waals surface area contributed by atoms with Crippen molar-refractivity contribution >= 4 is 26.8 Å². The van der Waals surface area contributed by atoms with Crippen LogP contribution in [0.15, 0.2) is 40.9 Å². The molecule has 4 rings (SSSR count). The monoisotopic (exact) mass is 458 g/mol. The number of nitrogens with zero attached hydrogens (tertiary/aromatic N) is 1. The van der Waals surface area contributed by atoms with Crippen LogP contribution in [0.4, 0.5) is 22.0 Å². The van der Waals surface area contributed by atoms with Gasteiger partial charge in [-0.3, -0.25) is 4.90 Å². The predicted octanol–water partition coefficient (Wildman–Crippen LogP) is 6.11. The lowest BCUT2D eigenvalue weighted by atomic mass is 9.88. The average Bonchev–Trinajstić information content (AvgIpc) is 2.98. The van der Waals surface area contributed by atoms with Gasteiger partial charge in [-0.1, -0.05) is 18.2 Å². The molecule has 8 heteroatoms. The number of fused-ring (bicyclic) bond motifs is 3. The van der Waals surface area contributed by atoms with E-state index in [1.807, 2.05) is 12.1 Å². The standard InChI is InChI=1S/C20H16BrF5N2/c1-10-8-12-11-4-2-3-5-15(11)27-18(12)19(28(10)9-20(24,25)26)16-14(22)7-6-13(21)17(16)23/h2-7,10,19,27H,8-9H2,1H3/t10-,19-/m1/s1. The van der Waals surface area contributed by atoms with Crippen LogP contribution in [0.3, 0.4) is 0 Å². The lowest BCUT2D eigenvalue weighted by Crippen LogP contribution is -2.47. The Bertz CT molecular complexity index is 1040. The van der Waals surface area contributed by atoms with E-state index in [0.717, 1.165) is 27.4 Å². The number of halogens is 6. The molecule has 2 nitrogen and oxygen atoms in total. The van der Waals surface area contributed by atoms with Crippen molar-refractivity contribution in [3.63, 3.8) is 0 Å². The molecule has 1 aliphatic heterocycles. The van der Waals surface area contributed by atoms with Crippen molar-refractivity contribution in [3.05, 3.63) is 69.3 Å². The normalized spacial score (nSPS) is 20.5. The number of alkyl halides is 3. The van der Waals surface area contributed by atoms with E-state index in [1.54, 1.807) is 19.1 Å². The van der Waals surface area contributed by atoms with Crippen LogP contribution in [-0.2, 0) is 6.42 Å². The minimum atomic E-state index is -4.50. The maximum atomic E-state index is 14.9. The second kappa shape index (κ2) is 6.84. The van der Waals surface area contributed by atoms with Crippen molar-refractivity contribution in [1.82, 2.24) is 9.88 Å². The minimum absolute atomic E-state index is 0.00625. The average molecular weight is 459 g/mol. The van der Waals surface area contributed by atoms with Gasteiger partial charge in [-0.15, -0.1) is 0 Å². The molecule has 148 valence electrons. The van der Waals surface area contributed by atoms with Crippen molar-refractivity contribution in [3.8, 4) is 0 Å². The maximum Gasteiger partial charge on any atom is 0.401 e. The van der Waals surface area contributed by atoms with Crippen LogP contribution in [0.2, 0.25) is 0 Å². The van der Waals surface area contributed by atoms with Crippen molar-refractivity contribution in [2.24, 2.45) is 0 Å². The number of aromatic nitrogens is 1. The molecule has 0 saturated carbocycles. The number of H-pyrrole nitrogens is 1. The largest absolute Gasteiger partial charge is 0.401 e. The summed E-state index contributed by atoms with van der Waals surface area (Å²) < 4.78 is 69.6. The van der Waals surface area contributed by atoms with Gasteiger partial charge < -0.3 is 4.98 Å². The van der Waals surface area contributed by atoms with Crippen LogP contribution >= 0.6 is 15.9 Å². The molecule has 0 bridgehead atoms. The van der Waals surface area contributed by atoms with Crippen molar-refractivity contribution in [1.29, 1.82) is 0 Å². The van der Waals surface area contributed by atoms with E-state index in [4.69, 9.17) is 0 Å². The Morgan fingerprint density at radius 1 is 1.14 bits per heavy atom. The zero-order chi connectivity index (χ0) is 20.2. The summed E-state index contributed by atoms with van der Waals surface area (Å²) in [6, 6.07) is 7.80. The van der Waals surface area contributed by atoms with Gasteiger partial charge in [-0.2, -0.15) is 13.2 Å². The zero-order valence-electron chi connectivity index (χ0n) is 14.7. The summed E-state index contributed by atoms with van der Waals surface area (Å²) in [4.78, 5) is 4.23. The molecule has 3 aromatic rings. The van der Waals surface area contributed by atoms with E-state index < -0.39 is 42.0 Å². The summed E-state index contributed by atoms with van der Waals surface area (Å²) in [5.74, 6) is -1.77. The van der Waals surface area contributed by atoms with E-state index in [0.29, 0.717) is 12.1 Å². The summed E-state index contributed by atoms with van der Waals surface area (Å²) in [6.45, 7) is 0.385. The summed E-state index contributed by atoms with van der Waals surface area (Å²) in [6.07, 6.45) is -4.15. The van der Waals surface area contributed by atoms with E-state index in [9.17, 15) is 22.0 Å². The fourth-order valence-corrected chi connectivity index (χ4v) is 4.41. The fraction of sp³-hybridized carbons (Fsp3) is 0.300. The summed E-state index contributed by atoms with van der Waals surface area (Å²) >= 11 is 3.03. The Labute approximate surface area is 166 Å². The number of aromatic amines is 1. The first kappa shape index (κ1) is 19.4. The zero-order valence-corrected chi connectivity index (χ0v) is 16.3. The van der Waals surface area contributed by atoms with Gasteiger partial charge in [-0.25, -0.2) is 8.78 Å². The fourth-order valence-electron chi connectivity index (χ4n) is 4.06. The number of benzene rings is 2. The predicted molar refractivity (Wildman–Crippen MR) is 100 cm³/mol. The second-order valence-electron chi connectivity index (χ2n) is 7.06. The molecule has 0 unspecified atom stereocenters. The first-order valence-corrected chi connectivity index (χ1v) is 9.52. The third-order valence-electron chi connectivity index (χ3n) is 5.23. The molecule has 1 aliphatic rings. The van der Waals surface area contributed by atoms with Crippen LogP contribution < -0.4 is 0 Å². The van der Waals surface area contributed by atoms with E-state index in [1.165, 1.54) is 6.07 Å². The third-order valence-corrected chi connectivity index (χ3v) is 5.84. The van der Waals surface area contributed by atoms with Crippen LogP contribution in [0, 0.1) is 11.6 Å². The van der Waals surface area contributed by atoms with Gasteiger partial charge in [0.1, 0.15) is 11.6 Å². The number of rotatable bonds is 2. The third kappa shape index (κ3) is 3.22. The molecule has 0 radical (unpaired) electrons. The Morgan fingerprint density at radius 3 is 2.57 bits per heavy atom. The van der Waals surface area contributed by atoms with Gasteiger partial charge in [0.05, 0.1) is 17.1 Å². The Morgan fingerprint density at radius 2 is 1.86 bits per heavy atom. The van der Waals surface area contributed by atoms with Crippen molar-refractivity contribution in [2.45, 2.75) is 31.6 Å². The Balaban J connectivity index is 1.99. The lowest BCUT2D eigenvalue weighted by Gasteiger charge is -2.41. The molecule has 2 atom stereocenters. The van der Waals surface area contributed by atoms with Crippen LogP contribution in [0.5, 0.6) is 0 Å². The molecule has 2 aromatic carbocycles. The highest BCUT2D eigenvalue weighted by Crippen LogP contribution is 2.44. The van der Waals surface area contributed by atoms with Crippen molar-refractivity contribution in [2.75, 3.05) is 6.54 Å². The van der Waals surface area contributed by atoms with Gasteiger partial charge in [0.15, 0.2) is 0 Å². The van der Waals surface area contributed by atoms with Gasteiger partial charge in [-0.05, 0) is 53.0 Å². The van der Waals surface area contributed by atoms with Gasteiger partial charge in [0.25, 0.3) is 0 Å². The van der Waals surface area contributed by atoms with Gasteiger partial charge in [0.2, 0.25) is 0 Å². The molecule has 0 amide bonds. The summed E-state index contributed by atoms with van der Waals surface area (Å²) in [5.41, 5.74) is 1.54. The molecular formula is C20H16BrF5N2. The smallest absolute Gasteiger partial charge is 0.357 e. The molecule has 28 heavy (non-hydrogen) atoms. The quantitative estimate of drug-likeness (QED) is 0.362. The van der Waals surface area contributed by atoms with E-state index in [-0.39, 0.29) is 4.47 Å². The first-order chi connectivity index (χ1) is 13.2.